The van der Waals surface area contributed by atoms with Gasteiger partial charge in [0.15, 0.2) is 0 Å². The standard InChI is InChI=1S/C20H20F2N2O2/c1-13-2-3-14(12-17(13)22)18(25)23-10-11-24-19(26)20(8-9-20)15-4-6-16(21)7-5-15/h2-7,12H,8-11H2,1H3,(H,23,25)(H,24,26). The zero-order chi connectivity index (χ0) is 18.7. The Kier molecular flexibility index (Phi) is 5.02. The third-order valence-electron chi connectivity index (χ3n) is 4.71. The van der Waals surface area contributed by atoms with Crippen LogP contribution in [0.2, 0.25) is 0 Å². The summed E-state index contributed by atoms with van der Waals surface area (Å²) < 4.78 is 26.5. The number of hydrogen-bond acceptors (Lipinski definition) is 2. The zero-order valence-electron chi connectivity index (χ0n) is 14.4. The third-order valence-corrected chi connectivity index (χ3v) is 4.71. The maximum absolute atomic E-state index is 13.5. The van der Waals surface area contributed by atoms with E-state index in [4.69, 9.17) is 0 Å². The number of benzene rings is 2. The van der Waals surface area contributed by atoms with Crippen LogP contribution >= 0.6 is 0 Å². The topological polar surface area (TPSA) is 58.2 Å². The molecule has 6 heteroatoms. The van der Waals surface area contributed by atoms with Crippen molar-refractivity contribution in [2.75, 3.05) is 13.1 Å². The first-order valence-electron chi connectivity index (χ1n) is 8.51. The lowest BCUT2D eigenvalue weighted by molar-refractivity contribution is -0.123. The van der Waals surface area contributed by atoms with E-state index < -0.39 is 17.1 Å². The van der Waals surface area contributed by atoms with Crippen LogP contribution in [0.25, 0.3) is 0 Å². The van der Waals surface area contributed by atoms with Crippen LogP contribution in [-0.4, -0.2) is 24.9 Å². The molecule has 1 aliphatic carbocycles. The summed E-state index contributed by atoms with van der Waals surface area (Å²) >= 11 is 0. The minimum absolute atomic E-state index is 0.125. The molecule has 2 N–H and O–H groups in total. The maximum Gasteiger partial charge on any atom is 0.251 e. The summed E-state index contributed by atoms with van der Waals surface area (Å²) in [7, 11) is 0. The fourth-order valence-electron chi connectivity index (χ4n) is 2.90. The first-order chi connectivity index (χ1) is 12.4. The summed E-state index contributed by atoms with van der Waals surface area (Å²) in [5.74, 6) is -1.28. The van der Waals surface area contributed by atoms with Gasteiger partial charge in [0.25, 0.3) is 5.91 Å². The summed E-state index contributed by atoms with van der Waals surface area (Å²) in [4.78, 5) is 24.4. The molecule has 0 bridgehead atoms. The number of hydrogen-bond donors (Lipinski definition) is 2. The molecule has 1 aliphatic rings. The lowest BCUT2D eigenvalue weighted by Gasteiger charge is -2.16. The van der Waals surface area contributed by atoms with Gasteiger partial charge in [-0.25, -0.2) is 8.78 Å². The normalized spacial score (nSPS) is 14.6. The van der Waals surface area contributed by atoms with E-state index in [1.165, 1.54) is 18.2 Å². The van der Waals surface area contributed by atoms with Gasteiger partial charge in [-0.15, -0.1) is 0 Å². The van der Waals surface area contributed by atoms with Crippen molar-refractivity contribution in [1.29, 1.82) is 0 Å². The number of carbonyl (C=O) groups is 2. The van der Waals surface area contributed by atoms with Crippen LogP contribution in [0.1, 0.15) is 34.3 Å². The fraction of sp³-hybridized carbons (Fsp3) is 0.300. The Hall–Kier alpha value is -2.76. The van der Waals surface area contributed by atoms with Gasteiger partial charge in [-0.3, -0.25) is 9.59 Å². The van der Waals surface area contributed by atoms with Crippen molar-refractivity contribution in [3.8, 4) is 0 Å². The summed E-state index contributed by atoms with van der Waals surface area (Å²) in [5, 5.41) is 5.45. The molecule has 0 aromatic heterocycles. The van der Waals surface area contributed by atoms with Gasteiger partial charge in [-0.2, -0.15) is 0 Å². The predicted molar refractivity (Wildman–Crippen MR) is 93.8 cm³/mol. The van der Waals surface area contributed by atoms with Crippen LogP contribution in [0.15, 0.2) is 42.5 Å². The average Bonchev–Trinajstić information content (AvgIpc) is 3.43. The van der Waals surface area contributed by atoms with E-state index in [-0.39, 0.29) is 30.4 Å². The minimum atomic E-state index is -0.586. The Morgan fingerprint density at radius 3 is 2.27 bits per heavy atom. The third kappa shape index (κ3) is 3.74. The highest BCUT2D eigenvalue weighted by Gasteiger charge is 2.50. The van der Waals surface area contributed by atoms with Crippen molar-refractivity contribution in [2.45, 2.75) is 25.2 Å². The van der Waals surface area contributed by atoms with Crippen LogP contribution < -0.4 is 10.6 Å². The van der Waals surface area contributed by atoms with Crippen LogP contribution in [0.4, 0.5) is 8.78 Å². The molecule has 2 amide bonds. The van der Waals surface area contributed by atoms with E-state index in [9.17, 15) is 18.4 Å². The number of nitrogens with one attached hydrogen (secondary N) is 2. The molecule has 0 radical (unpaired) electrons. The van der Waals surface area contributed by atoms with Crippen LogP contribution in [0.5, 0.6) is 0 Å². The maximum atomic E-state index is 13.5. The second-order valence-corrected chi connectivity index (χ2v) is 6.56. The lowest BCUT2D eigenvalue weighted by Crippen LogP contribution is -2.39. The predicted octanol–water partition coefficient (Wildman–Crippen LogP) is 2.85. The van der Waals surface area contributed by atoms with E-state index in [1.54, 1.807) is 31.2 Å². The number of halogens is 2. The first kappa shape index (κ1) is 18.0. The van der Waals surface area contributed by atoms with E-state index >= 15 is 0 Å². The SMILES string of the molecule is Cc1ccc(C(=O)NCCNC(=O)C2(c3ccc(F)cc3)CC2)cc1F. The number of aryl methyl sites for hydroxylation is 1. The van der Waals surface area contributed by atoms with Gasteiger partial charge >= 0.3 is 0 Å². The first-order valence-corrected chi connectivity index (χ1v) is 8.51. The largest absolute Gasteiger partial charge is 0.354 e. The molecule has 0 spiro atoms. The molecule has 1 saturated carbocycles. The molecular formula is C20H20F2N2O2. The number of rotatable bonds is 6. The molecule has 0 unspecified atom stereocenters. The Bertz CT molecular complexity index is 830. The van der Waals surface area contributed by atoms with Crippen molar-refractivity contribution in [1.82, 2.24) is 10.6 Å². The van der Waals surface area contributed by atoms with E-state index in [2.05, 4.69) is 10.6 Å². The van der Waals surface area contributed by atoms with Crippen molar-refractivity contribution >= 4 is 11.8 Å². The van der Waals surface area contributed by atoms with Gasteiger partial charge in [-0.05, 0) is 55.2 Å². The van der Waals surface area contributed by atoms with Crippen molar-refractivity contribution in [2.24, 2.45) is 0 Å². The number of amides is 2. The smallest absolute Gasteiger partial charge is 0.251 e. The number of carbonyl (C=O) groups excluding carboxylic acids is 2. The summed E-state index contributed by atoms with van der Waals surface area (Å²) in [6, 6.07) is 10.3. The molecule has 136 valence electrons. The summed E-state index contributed by atoms with van der Waals surface area (Å²) in [5.41, 5.74) is 0.932. The second-order valence-electron chi connectivity index (χ2n) is 6.56. The van der Waals surface area contributed by atoms with Crippen molar-refractivity contribution in [3.63, 3.8) is 0 Å². The molecular weight excluding hydrogens is 338 g/mol. The van der Waals surface area contributed by atoms with Crippen LogP contribution in [-0.2, 0) is 10.2 Å². The highest BCUT2D eigenvalue weighted by Crippen LogP contribution is 2.48. The van der Waals surface area contributed by atoms with Crippen molar-refractivity contribution < 1.29 is 18.4 Å². The van der Waals surface area contributed by atoms with Gasteiger partial charge < -0.3 is 10.6 Å². The van der Waals surface area contributed by atoms with Crippen molar-refractivity contribution in [3.05, 3.63) is 70.8 Å². The highest BCUT2D eigenvalue weighted by atomic mass is 19.1. The molecule has 3 rings (SSSR count). The van der Waals surface area contributed by atoms with Crippen LogP contribution in [0.3, 0.4) is 0 Å². The minimum Gasteiger partial charge on any atom is -0.354 e. The Morgan fingerprint density at radius 1 is 1.00 bits per heavy atom. The lowest BCUT2D eigenvalue weighted by atomic mass is 9.95. The van der Waals surface area contributed by atoms with E-state index in [0.717, 1.165) is 18.4 Å². The van der Waals surface area contributed by atoms with Gasteiger partial charge in [0.2, 0.25) is 5.91 Å². The second kappa shape index (κ2) is 7.23. The molecule has 0 saturated heterocycles. The Balaban J connectivity index is 1.49. The zero-order valence-corrected chi connectivity index (χ0v) is 14.4. The molecule has 0 aliphatic heterocycles. The molecule has 0 atom stereocenters. The average molecular weight is 358 g/mol. The monoisotopic (exact) mass is 358 g/mol. The quantitative estimate of drug-likeness (QED) is 0.780. The molecule has 2 aromatic rings. The molecule has 4 nitrogen and oxygen atoms in total. The Labute approximate surface area is 150 Å². The van der Waals surface area contributed by atoms with Crippen LogP contribution in [0, 0.1) is 18.6 Å². The van der Waals surface area contributed by atoms with Gasteiger partial charge in [0.05, 0.1) is 5.41 Å². The highest BCUT2D eigenvalue weighted by molar-refractivity contribution is 5.94. The fourth-order valence-corrected chi connectivity index (χ4v) is 2.90. The van der Waals surface area contributed by atoms with Gasteiger partial charge in [0, 0.05) is 18.7 Å². The Morgan fingerprint density at radius 2 is 1.65 bits per heavy atom. The molecule has 26 heavy (non-hydrogen) atoms. The molecule has 0 heterocycles. The summed E-state index contributed by atoms with van der Waals surface area (Å²) in [6.45, 7) is 2.13. The molecule has 2 aromatic carbocycles. The van der Waals surface area contributed by atoms with Gasteiger partial charge in [0.1, 0.15) is 11.6 Å². The van der Waals surface area contributed by atoms with E-state index in [0.29, 0.717) is 5.56 Å². The molecule has 1 fully saturated rings. The van der Waals surface area contributed by atoms with E-state index in [1.807, 2.05) is 0 Å². The summed E-state index contributed by atoms with van der Waals surface area (Å²) in [6.07, 6.45) is 1.44. The van der Waals surface area contributed by atoms with Gasteiger partial charge in [-0.1, -0.05) is 18.2 Å².